The normalized spacial score (nSPS) is 13.4. The van der Waals surface area contributed by atoms with Gasteiger partial charge in [-0.1, -0.05) is 12.1 Å². The van der Waals surface area contributed by atoms with E-state index in [9.17, 15) is 13.2 Å². The standard InChI is InChI=1S/C15H17F3N2S/c1-9-10(2)21-14(20-9)12(8-19)7-11-3-5-13(6-4-11)15(16,17)18/h3-6,12H,7-8,19H2,1-2H3. The molecule has 0 aliphatic rings. The van der Waals surface area contributed by atoms with Crippen LogP contribution in [0.3, 0.4) is 0 Å². The van der Waals surface area contributed by atoms with Crippen molar-refractivity contribution in [2.75, 3.05) is 6.54 Å². The number of hydrogen-bond acceptors (Lipinski definition) is 3. The van der Waals surface area contributed by atoms with Crippen LogP contribution in [0, 0.1) is 13.8 Å². The van der Waals surface area contributed by atoms with Crippen molar-refractivity contribution in [3.05, 3.63) is 51.0 Å². The molecule has 0 bridgehead atoms. The van der Waals surface area contributed by atoms with Crippen molar-refractivity contribution >= 4 is 11.3 Å². The topological polar surface area (TPSA) is 38.9 Å². The molecule has 0 amide bonds. The molecule has 0 spiro atoms. The maximum absolute atomic E-state index is 12.5. The molecule has 114 valence electrons. The predicted molar refractivity (Wildman–Crippen MR) is 78.5 cm³/mol. The van der Waals surface area contributed by atoms with Crippen LogP contribution < -0.4 is 5.73 Å². The molecule has 0 aliphatic carbocycles. The summed E-state index contributed by atoms with van der Waals surface area (Å²) in [5.74, 6) is 0.0409. The molecule has 0 saturated heterocycles. The molecule has 0 fully saturated rings. The van der Waals surface area contributed by atoms with Gasteiger partial charge >= 0.3 is 6.18 Å². The molecule has 1 aromatic heterocycles. The number of thiazole rings is 1. The van der Waals surface area contributed by atoms with Crippen molar-refractivity contribution in [2.24, 2.45) is 5.73 Å². The van der Waals surface area contributed by atoms with Crippen molar-refractivity contribution in [2.45, 2.75) is 32.4 Å². The van der Waals surface area contributed by atoms with E-state index < -0.39 is 11.7 Å². The van der Waals surface area contributed by atoms with E-state index in [1.807, 2.05) is 13.8 Å². The number of hydrogen-bond donors (Lipinski definition) is 1. The second-order valence-electron chi connectivity index (χ2n) is 5.03. The van der Waals surface area contributed by atoms with Gasteiger partial charge in [-0.15, -0.1) is 11.3 Å². The quantitative estimate of drug-likeness (QED) is 0.924. The van der Waals surface area contributed by atoms with Gasteiger partial charge in [0.15, 0.2) is 0 Å². The van der Waals surface area contributed by atoms with E-state index >= 15 is 0 Å². The lowest BCUT2D eigenvalue weighted by atomic mass is 9.99. The first-order valence-electron chi connectivity index (χ1n) is 6.61. The first kappa shape index (κ1) is 16.0. The lowest BCUT2D eigenvalue weighted by molar-refractivity contribution is -0.137. The summed E-state index contributed by atoms with van der Waals surface area (Å²) in [4.78, 5) is 5.64. The van der Waals surface area contributed by atoms with E-state index in [4.69, 9.17) is 5.73 Å². The van der Waals surface area contributed by atoms with Crippen LogP contribution in [0.2, 0.25) is 0 Å². The van der Waals surface area contributed by atoms with Gasteiger partial charge in [-0.05, 0) is 38.0 Å². The second-order valence-corrected chi connectivity index (χ2v) is 6.26. The predicted octanol–water partition coefficient (Wildman–Crippen LogP) is 4.06. The highest BCUT2D eigenvalue weighted by atomic mass is 32.1. The molecule has 0 saturated carbocycles. The van der Waals surface area contributed by atoms with Crippen LogP contribution in [0.15, 0.2) is 24.3 Å². The Bertz CT molecular complexity index is 583. The Kier molecular flexibility index (Phi) is 4.68. The molecule has 2 N–H and O–H groups in total. The summed E-state index contributed by atoms with van der Waals surface area (Å²) in [5, 5.41) is 0.951. The largest absolute Gasteiger partial charge is 0.416 e. The molecular weight excluding hydrogens is 297 g/mol. The number of rotatable bonds is 4. The summed E-state index contributed by atoms with van der Waals surface area (Å²) in [6, 6.07) is 5.25. The number of halogens is 3. The van der Waals surface area contributed by atoms with Gasteiger partial charge in [0, 0.05) is 17.3 Å². The van der Waals surface area contributed by atoms with Gasteiger partial charge in [0.1, 0.15) is 0 Å². The zero-order valence-electron chi connectivity index (χ0n) is 11.9. The molecule has 2 rings (SSSR count). The molecule has 21 heavy (non-hydrogen) atoms. The number of aryl methyl sites for hydroxylation is 2. The molecular formula is C15H17F3N2S. The van der Waals surface area contributed by atoms with Crippen molar-refractivity contribution in [1.29, 1.82) is 0 Å². The van der Waals surface area contributed by atoms with Gasteiger partial charge in [0.25, 0.3) is 0 Å². The van der Waals surface area contributed by atoms with Crippen LogP contribution >= 0.6 is 11.3 Å². The van der Waals surface area contributed by atoms with Gasteiger partial charge in [0.05, 0.1) is 16.3 Å². The summed E-state index contributed by atoms with van der Waals surface area (Å²) in [6.45, 7) is 4.37. The Morgan fingerprint density at radius 3 is 2.24 bits per heavy atom. The van der Waals surface area contributed by atoms with Crippen molar-refractivity contribution in [3.63, 3.8) is 0 Å². The van der Waals surface area contributed by atoms with Crippen LogP contribution in [0.25, 0.3) is 0 Å². The maximum atomic E-state index is 12.5. The van der Waals surface area contributed by atoms with Crippen LogP contribution in [-0.2, 0) is 12.6 Å². The van der Waals surface area contributed by atoms with Crippen LogP contribution in [0.1, 0.15) is 32.6 Å². The molecule has 1 aromatic carbocycles. The SMILES string of the molecule is Cc1nc(C(CN)Cc2ccc(C(F)(F)F)cc2)sc1C. The van der Waals surface area contributed by atoms with Crippen molar-refractivity contribution in [1.82, 2.24) is 4.98 Å². The fourth-order valence-corrected chi connectivity index (χ4v) is 3.09. The Labute approximate surface area is 125 Å². The zero-order chi connectivity index (χ0) is 15.6. The minimum atomic E-state index is -4.30. The first-order valence-corrected chi connectivity index (χ1v) is 7.43. The van der Waals surface area contributed by atoms with Crippen LogP contribution in [-0.4, -0.2) is 11.5 Å². The highest BCUT2D eigenvalue weighted by Gasteiger charge is 2.30. The summed E-state index contributed by atoms with van der Waals surface area (Å²) < 4.78 is 37.6. The van der Waals surface area contributed by atoms with E-state index in [1.54, 1.807) is 11.3 Å². The number of nitrogens with two attached hydrogens (primary N) is 1. The van der Waals surface area contributed by atoms with E-state index in [0.29, 0.717) is 13.0 Å². The fourth-order valence-electron chi connectivity index (χ4n) is 2.06. The van der Waals surface area contributed by atoms with Gasteiger partial charge in [0.2, 0.25) is 0 Å². The number of benzene rings is 1. The number of aromatic nitrogens is 1. The molecule has 0 radical (unpaired) electrons. The number of alkyl halides is 3. The molecule has 6 heteroatoms. The van der Waals surface area contributed by atoms with Crippen LogP contribution in [0.4, 0.5) is 13.2 Å². The average Bonchev–Trinajstić information content (AvgIpc) is 2.75. The van der Waals surface area contributed by atoms with E-state index in [0.717, 1.165) is 33.3 Å². The lowest BCUT2D eigenvalue weighted by Crippen LogP contribution is -2.15. The summed E-state index contributed by atoms with van der Waals surface area (Å²) >= 11 is 1.60. The Morgan fingerprint density at radius 2 is 1.81 bits per heavy atom. The molecule has 0 aliphatic heterocycles. The van der Waals surface area contributed by atoms with Gasteiger partial charge in [-0.25, -0.2) is 4.98 Å². The number of nitrogens with zero attached hydrogens (tertiary/aromatic N) is 1. The monoisotopic (exact) mass is 314 g/mol. The van der Waals surface area contributed by atoms with Gasteiger partial charge in [-0.3, -0.25) is 0 Å². The first-order chi connectivity index (χ1) is 9.81. The zero-order valence-corrected chi connectivity index (χ0v) is 12.7. The lowest BCUT2D eigenvalue weighted by Gasteiger charge is -2.13. The van der Waals surface area contributed by atoms with Crippen molar-refractivity contribution < 1.29 is 13.2 Å². The van der Waals surface area contributed by atoms with Crippen LogP contribution in [0.5, 0.6) is 0 Å². The highest BCUT2D eigenvalue weighted by Crippen LogP contribution is 2.30. The van der Waals surface area contributed by atoms with E-state index in [1.165, 1.54) is 12.1 Å². The molecule has 1 heterocycles. The van der Waals surface area contributed by atoms with E-state index in [2.05, 4.69) is 4.98 Å². The summed E-state index contributed by atoms with van der Waals surface area (Å²) in [7, 11) is 0. The Hall–Kier alpha value is -1.40. The minimum absolute atomic E-state index is 0.0409. The molecule has 2 aromatic rings. The van der Waals surface area contributed by atoms with Crippen molar-refractivity contribution in [3.8, 4) is 0 Å². The third-order valence-electron chi connectivity index (χ3n) is 3.44. The highest BCUT2D eigenvalue weighted by molar-refractivity contribution is 7.11. The Morgan fingerprint density at radius 1 is 1.19 bits per heavy atom. The average molecular weight is 314 g/mol. The van der Waals surface area contributed by atoms with Gasteiger partial charge in [-0.2, -0.15) is 13.2 Å². The molecule has 2 nitrogen and oxygen atoms in total. The third-order valence-corrected chi connectivity index (χ3v) is 4.68. The summed E-state index contributed by atoms with van der Waals surface area (Å²) in [5.41, 5.74) is 6.99. The minimum Gasteiger partial charge on any atom is -0.330 e. The fraction of sp³-hybridized carbons (Fsp3) is 0.400. The van der Waals surface area contributed by atoms with E-state index in [-0.39, 0.29) is 5.92 Å². The Balaban J connectivity index is 2.15. The summed E-state index contributed by atoms with van der Waals surface area (Å²) in [6.07, 6.45) is -3.70. The third kappa shape index (κ3) is 3.83. The van der Waals surface area contributed by atoms with Gasteiger partial charge < -0.3 is 5.73 Å². The second kappa shape index (κ2) is 6.15. The smallest absolute Gasteiger partial charge is 0.330 e. The molecule has 1 unspecified atom stereocenters. The maximum Gasteiger partial charge on any atom is 0.416 e. The molecule has 1 atom stereocenters.